The Labute approximate surface area is 96.2 Å². The van der Waals surface area contributed by atoms with Crippen molar-refractivity contribution in [2.75, 3.05) is 6.61 Å². The molecule has 0 aromatic carbocycles. The number of aliphatic hydroxyl groups is 1. The van der Waals surface area contributed by atoms with Gasteiger partial charge in [-0.3, -0.25) is 9.48 Å². The summed E-state index contributed by atoms with van der Waals surface area (Å²) in [6.45, 7) is 2.35. The van der Waals surface area contributed by atoms with E-state index in [1.54, 1.807) is 24.0 Å². The normalized spacial score (nSPS) is 12.5. The third-order valence-corrected chi connectivity index (χ3v) is 2.12. The molecule has 0 fully saturated rings. The molecule has 0 spiro atoms. The molecular formula is C9H13BrN2O3. The summed E-state index contributed by atoms with van der Waals surface area (Å²) in [7, 11) is 0. The Morgan fingerprint density at radius 2 is 2.53 bits per heavy atom. The van der Waals surface area contributed by atoms with Crippen molar-refractivity contribution in [1.82, 2.24) is 9.78 Å². The average molecular weight is 277 g/mol. The predicted octanol–water partition coefficient (Wildman–Crippen LogP) is 0.960. The Balaban J connectivity index is 2.35. The number of ether oxygens (including phenoxy) is 1. The van der Waals surface area contributed by atoms with Crippen LogP contribution in [0.3, 0.4) is 0 Å². The summed E-state index contributed by atoms with van der Waals surface area (Å²) < 4.78 is 7.12. The molecule has 84 valence electrons. The monoisotopic (exact) mass is 276 g/mol. The predicted molar refractivity (Wildman–Crippen MR) is 57.2 cm³/mol. The Kier molecular flexibility index (Phi) is 4.77. The first kappa shape index (κ1) is 12.2. The Morgan fingerprint density at radius 1 is 1.80 bits per heavy atom. The summed E-state index contributed by atoms with van der Waals surface area (Å²) in [5.41, 5.74) is 0. The molecule has 1 aromatic rings. The van der Waals surface area contributed by atoms with Crippen LogP contribution in [0.25, 0.3) is 0 Å². The van der Waals surface area contributed by atoms with Gasteiger partial charge in [0.05, 0.1) is 36.3 Å². The zero-order valence-corrected chi connectivity index (χ0v) is 9.98. The number of hydrogen-bond donors (Lipinski definition) is 1. The van der Waals surface area contributed by atoms with Gasteiger partial charge in [-0.2, -0.15) is 5.10 Å². The van der Waals surface area contributed by atoms with Crippen molar-refractivity contribution < 1.29 is 14.6 Å². The van der Waals surface area contributed by atoms with Crippen LogP contribution >= 0.6 is 15.9 Å². The van der Waals surface area contributed by atoms with Crippen LogP contribution in [0.4, 0.5) is 0 Å². The highest BCUT2D eigenvalue weighted by Crippen LogP contribution is 2.07. The number of hydrogen-bond acceptors (Lipinski definition) is 4. The van der Waals surface area contributed by atoms with E-state index in [0.29, 0.717) is 6.61 Å². The molecule has 6 heteroatoms. The lowest BCUT2D eigenvalue weighted by atomic mass is 10.2. The van der Waals surface area contributed by atoms with Crippen molar-refractivity contribution in [1.29, 1.82) is 0 Å². The lowest BCUT2D eigenvalue weighted by molar-refractivity contribution is -0.145. The van der Waals surface area contributed by atoms with E-state index in [-0.39, 0.29) is 13.0 Å². The van der Waals surface area contributed by atoms with Crippen LogP contribution in [0.1, 0.15) is 13.3 Å². The molecule has 1 aromatic heterocycles. The highest BCUT2D eigenvalue weighted by atomic mass is 79.9. The summed E-state index contributed by atoms with van der Waals surface area (Å²) in [6.07, 6.45) is 2.58. The average Bonchev–Trinajstić information content (AvgIpc) is 2.51. The van der Waals surface area contributed by atoms with Gasteiger partial charge in [0.15, 0.2) is 0 Å². The second-order valence-corrected chi connectivity index (χ2v) is 3.96. The van der Waals surface area contributed by atoms with E-state index in [2.05, 4.69) is 21.0 Å². The van der Waals surface area contributed by atoms with E-state index in [1.807, 2.05) is 0 Å². The molecule has 0 radical (unpaired) electrons. The molecule has 0 aliphatic carbocycles. The van der Waals surface area contributed by atoms with Crippen molar-refractivity contribution in [3.05, 3.63) is 16.9 Å². The van der Waals surface area contributed by atoms with Crippen molar-refractivity contribution in [2.24, 2.45) is 0 Å². The first-order valence-corrected chi connectivity index (χ1v) is 5.42. The van der Waals surface area contributed by atoms with Crippen LogP contribution in [0.2, 0.25) is 0 Å². The van der Waals surface area contributed by atoms with Gasteiger partial charge in [0.2, 0.25) is 0 Å². The van der Waals surface area contributed by atoms with Crippen LogP contribution in [0.5, 0.6) is 0 Å². The van der Waals surface area contributed by atoms with Crippen molar-refractivity contribution in [3.63, 3.8) is 0 Å². The topological polar surface area (TPSA) is 64.3 Å². The first-order valence-electron chi connectivity index (χ1n) is 4.63. The summed E-state index contributed by atoms with van der Waals surface area (Å²) in [6, 6.07) is 0. The van der Waals surface area contributed by atoms with Gasteiger partial charge < -0.3 is 9.84 Å². The molecule has 15 heavy (non-hydrogen) atoms. The molecule has 0 aliphatic rings. The fraction of sp³-hybridized carbons (Fsp3) is 0.556. The minimum Gasteiger partial charge on any atom is -0.466 e. The lowest BCUT2D eigenvalue weighted by Gasteiger charge is -2.09. The number of rotatable bonds is 5. The van der Waals surface area contributed by atoms with Crippen molar-refractivity contribution in [3.8, 4) is 0 Å². The maximum atomic E-state index is 11.0. The number of esters is 1. The van der Waals surface area contributed by atoms with Gasteiger partial charge >= 0.3 is 5.97 Å². The Morgan fingerprint density at radius 3 is 3.07 bits per heavy atom. The molecular weight excluding hydrogens is 264 g/mol. The molecule has 1 atom stereocenters. The van der Waals surface area contributed by atoms with Gasteiger partial charge in [-0.1, -0.05) is 0 Å². The molecule has 1 N–H and O–H groups in total. The van der Waals surface area contributed by atoms with Gasteiger partial charge in [0.1, 0.15) is 0 Å². The second kappa shape index (κ2) is 5.87. The fourth-order valence-electron chi connectivity index (χ4n) is 1.13. The lowest BCUT2D eigenvalue weighted by Crippen LogP contribution is -2.21. The van der Waals surface area contributed by atoms with E-state index in [0.717, 1.165) is 4.47 Å². The minimum absolute atomic E-state index is 0.00861. The molecule has 0 saturated carbocycles. The van der Waals surface area contributed by atoms with Gasteiger partial charge in [-0.25, -0.2) is 0 Å². The van der Waals surface area contributed by atoms with E-state index >= 15 is 0 Å². The van der Waals surface area contributed by atoms with Crippen LogP contribution < -0.4 is 0 Å². The summed E-state index contributed by atoms with van der Waals surface area (Å²) in [4.78, 5) is 11.0. The Bertz CT molecular complexity index is 327. The molecule has 0 aliphatic heterocycles. The highest BCUT2D eigenvalue weighted by molar-refractivity contribution is 9.10. The third kappa shape index (κ3) is 4.44. The zero-order chi connectivity index (χ0) is 11.3. The first-order chi connectivity index (χ1) is 7.11. The molecule has 0 bridgehead atoms. The molecule has 0 amide bonds. The molecule has 5 nitrogen and oxygen atoms in total. The zero-order valence-electron chi connectivity index (χ0n) is 8.39. The maximum absolute atomic E-state index is 11.0. The van der Waals surface area contributed by atoms with Crippen molar-refractivity contribution in [2.45, 2.75) is 26.0 Å². The molecule has 0 saturated heterocycles. The third-order valence-electron chi connectivity index (χ3n) is 1.71. The smallest absolute Gasteiger partial charge is 0.308 e. The number of carbonyl (C=O) groups excluding carboxylic acids is 1. The number of nitrogens with zero attached hydrogens (tertiary/aromatic N) is 2. The van der Waals surface area contributed by atoms with Gasteiger partial charge in [0, 0.05) is 6.20 Å². The van der Waals surface area contributed by atoms with Crippen LogP contribution in [0, 0.1) is 0 Å². The highest BCUT2D eigenvalue weighted by Gasteiger charge is 2.12. The summed E-state index contributed by atoms with van der Waals surface area (Å²) in [5, 5.41) is 13.5. The number of halogens is 1. The minimum atomic E-state index is -0.768. The number of carbonyl (C=O) groups is 1. The molecule has 1 unspecified atom stereocenters. The SMILES string of the molecule is CCOC(=O)CC(O)Cn1cc(Br)cn1. The largest absolute Gasteiger partial charge is 0.466 e. The fourth-order valence-corrected chi connectivity index (χ4v) is 1.46. The standard InChI is InChI=1S/C9H13BrN2O3/c1-2-15-9(14)3-8(13)6-12-5-7(10)4-11-12/h4-5,8,13H,2-3,6H2,1H3. The van der Waals surface area contributed by atoms with E-state index in [9.17, 15) is 9.90 Å². The second-order valence-electron chi connectivity index (χ2n) is 3.04. The quantitative estimate of drug-likeness (QED) is 0.814. The van der Waals surface area contributed by atoms with E-state index in [4.69, 9.17) is 4.74 Å². The van der Waals surface area contributed by atoms with Gasteiger partial charge in [-0.15, -0.1) is 0 Å². The Hall–Kier alpha value is -0.880. The van der Waals surface area contributed by atoms with Crippen LogP contribution in [-0.4, -0.2) is 33.6 Å². The number of aromatic nitrogens is 2. The van der Waals surface area contributed by atoms with E-state index < -0.39 is 12.1 Å². The van der Waals surface area contributed by atoms with Gasteiger partial charge in [0.25, 0.3) is 0 Å². The van der Waals surface area contributed by atoms with Gasteiger partial charge in [-0.05, 0) is 22.9 Å². The number of aliphatic hydroxyl groups excluding tert-OH is 1. The van der Waals surface area contributed by atoms with E-state index in [1.165, 1.54) is 0 Å². The van der Waals surface area contributed by atoms with Crippen LogP contribution in [0.15, 0.2) is 16.9 Å². The summed E-state index contributed by atoms with van der Waals surface area (Å²) >= 11 is 3.24. The summed E-state index contributed by atoms with van der Waals surface area (Å²) in [5.74, 6) is -0.392. The molecule has 1 rings (SSSR count). The van der Waals surface area contributed by atoms with Crippen LogP contribution in [-0.2, 0) is 16.1 Å². The maximum Gasteiger partial charge on any atom is 0.308 e. The molecule has 1 heterocycles. The van der Waals surface area contributed by atoms with Crippen molar-refractivity contribution >= 4 is 21.9 Å².